The molecule has 0 spiro atoms. The van der Waals surface area contributed by atoms with Crippen LogP contribution in [0.25, 0.3) is 0 Å². The van der Waals surface area contributed by atoms with Crippen molar-refractivity contribution >= 4 is 0 Å². The fraction of sp³-hybridized carbons (Fsp3) is 0.533. The first kappa shape index (κ1) is 12.1. The molecule has 1 heterocycles. The van der Waals surface area contributed by atoms with Crippen molar-refractivity contribution < 1.29 is 0 Å². The normalized spacial score (nSPS) is 25.4. The van der Waals surface area contributed by atoms with Crippen molar-refractivity contribution in [2.45, 2.75) is 26.3 Å². The summed E-state index contributed by atoms with van der Waals surface area (Å²) < 4.78 is 0. The molecule has 1 aliphatic rings. The van der Waals surface area contributed by atoms with Gasteiger partial charge in [-0.15, -0.1) is 0 Å². The molecule has 0 aromatic heterocycles. The van der Waals surface area contributed by atoms with Gasteiger partial charge in [0.2, 0.25) is 0 Å². The van der Waals surface area contributed by atoms with Crippen LogP contribution in [0, 0.1) is 23.2 Å². The number of hydrogen-bond acceptors (Lipinski definition) is 2. The minimum absolute atomic E-state index is 0.270. The highest BCUT2D eigenvalue weighted by Crippen LogP contribution is 2.26. The molecule has 0 bridgehead atoms. The summed E-state index contributed by atoms with van der Waals surface area (Å²) >= 11 is 0. The van der Waals surface area contributed by atoms with Gasteiger partial charge in [-0.05, 0) is 24.4 Å². The van der Waals surface area contributed by atoms with Gasteiger partial charge in [-0.2, -0.15) is 5.26 Å². The third-order valence-electron chi connectivity index (χ3n) is 3.76. The minimum atomic E-state index is 0.270. The second-order valence-corrected chi connectivity index (χ2v) is 4.91. The van der Waals surface area contributed by atoms with Gasteiger partial charge in [-0.3, -0.25) is 4.90 Å². The van der Waals surface area contributed by atoms with Crippen molar-refractivity contribution in [1.82, 2.24) is 4.90 Å². The predicted octanol–water partition coefficient (Wildman–Crippen LogP) is 3.06. The number of likely N-dealkylation sites (tertiary alicyclic amines) is 1. The lowest BCUT2D eigenvalue weighted by molar-refractivity contribution is 0.135. The van der Waals surface area contributed by atoms with E-state index in [9.17, 15) is 0 Å². The third-order valence-corrected chi connectivity index (χ3v) is 3.76. The van der Waals surface area contributed by atoms with Crippen molar-refractivity contribution in [1.29, 1.82) is 5.26 Å². The van der Waals surface area contributed by atoms with Gasteiger partial charge in [0.1, 0.15) is 0 Å². The Bertz CT molecular complexity index is 380. The van der Waals surface area contributed by atoms with Crippen LogP contribution in [0.4, 0.5) is 0 Å². The van der Waals surface area contributed by atoms with Crippen LogP contribution >= 0.6 is 0 Å². The Morgan fingerprint density at radius 1 is 1.35 bits per heavy atom. The maximum absolute atomic E-state index is 9.10. The fourth-order valence-electron chi connectivity index (χ4n) is 2.68. The molecule has 1 saturated heterocycles. The van der Waals surface area contributed by atoms with Crippen LogP contribution in [0.1, 0.15) is 25.3 Å². The number of nitriles is 1. The molecule has 1 aromatic rings. The standard InChI is InChI=1S/C15H20N2/c1-2-14-12-17(9-8-15(14)10-16)11-13-6-4-3-5-7-13/h3-7,14-15H,2,8-9,11-12H2,1H3/t14-,15?/m0/s1. The molecule has 90 valence electrons. The Balaban J connectivity index is 1.94. The molecular weight excluding hydrogens is 208 g/mol. The van der Waals surface area contributed by atoms with Gasteiger partial charge in [0.15, 0.2) is 0 Å². The zero-order valence-corrected chi connectivity index (χ0v) is 10.5. The Hall–Kier alpha value is -1.33. The molecule has 0 amide bonds. The Morgan fingerprint density at radius 2 is 2.12 bits per heavy atom. The van der Waals surface area contributed by atoms with E-state index >= 15 is 0 Å². The topological polar surface area (TPSA) is 27.0 Å². The number of piperidine rings is 1. The lowest BCUT2D eigenvalue weighted by Crippen LogP contribution is -2.39. The number of rotatable bonds is 3. The number of hydrogen-bond donors (Lipinski definition) is 0. The van der Waals surface area contributed by atoms with Crippen LogP contribution in [-0.4, -0.2) is 18.0 Å². The molecule has 0 saturated carbocycles. The molecule has 2 heteroatoms. The van der Waals surface area contributed by atoms with Crippen LogP contribution in [0.5, 0.6) is 0 Å². The summed E-state index contributed by atoms with van der Waals surface area (Å²) in [5.74, 6) is 0.824. The van der Waals surface area contributed by atoms with E-state index < -0.39 is 0 Å². The SMILES string of the molecule is CC[C@H]1CN(Cc2ccccc2)CCC1C#N. The van der Waals surface area contributed by atoms with Crippen LogP contribution in [0.3, 0.4) is 0 Å². The van der Waals surface area contributed by atoms with Gasteiger partial charge in [-0.25, -0.2) is 0 Å². The fourth-order valence-corrected chi connectivity index (χ4v) is 2.68. The molecule has 1 fully saturated rings. The van der Waals surface area contributed by atoms with E-state index in [2.05, 4.69) is 48.2 Å². The molecule has 0 aliphatic carbocycles. The first-order valence-electron chi connectivity index (χ1n) is 6.49. The van der Waals surface area contributed by atoms with Crippen LogP contribution in [0.15, 0.2) is 30.3 Å². The monoisotopic (exact) mass is 228 g/mol. The largest absolute Gasteiger partial charge is 0.299 e. The first-order valence-corrected chi connectivity index (χ1v) is 6.49. The molecule has 1 aliphatic heterocycles. The van der Waals surface area contributed by atoms with E-state index in [-0.39, 0.29) is 5.92 Å². The third kappa shape index (κ3) is 3.08. The van der Waals surface area contributed by atoms with Gasteiger partial charge >= 0.3 is 0 Å². The van der Waals surface area contributed by atoms with Gasteiger partial charge in [0.25, 0.3) is 0 Å². The summed E-state index contributed by atoms with van der Waals surface area (Å²) in [6.07, 6.45) is 2.14. The van der Waals surface area contributed by atoms with Crippen molar-refractivity contribution in [3.8, 4) is 6.07 Å². The summed E-state index contributed by atoms with van der Waals surface area (Å²) in [4.78, 5) is 2.48. The summed E-state index contributed by atoms with van der Waals surface area (Å²) in [5.41, 5.74) is 1.37. The molecule has 1 aromatic carbocycles. The zero-order chi connectivity index (χ0) is 12.1. The van der Waals surface area contributed by atoms with E-state index in [1.165, 1.54) is 5.56 Å². The van der Waals surface area contributed by atoms with Gasteiger partial charge in [0, 0.05) is 13.1 Å². The molecule has 0 radical (unpaired) electrons. The lowest BCUT2D eigenvalue weighted by Gasteiger charge is -2.35. The lowest BCUT2D eigenvalue weighted by atomic mass is 9.85. The maximum atomic E-state index is 9.10. The highest BCUT2D eigenvalue weighted by molar-refractivity contribution is 5.14. The molecule has 2 nitrogen and oxygen atoms in total. The average Bonchev–Trinajstić information content (AvgIpc) is 2.40. The zero-order valence-electron chi connectivity index (χ0n) is 10.5. The van der Waals surface area contributed by atoms with Crippen LogP contribution < -0.4 is 0 Å². The van der Waals surface area contributed by atoms with Crippen molar-refractivity contribution in [2.75, 3.05) is 13.1 Å². The summed E-state index contributed by atoms with van der Waals surface area (Å²) in [6, 6.07) is 13.1. The molecule has 17 heavy (non-hydrogen) atoms. The van der Waals surface area contributed by atoms with E-state index in [0.29, 0.717) is 5.92 Å². The average molecular weight is 228 g/mol. The second kappa shape index (κ2) is 5.84. The molecule has 2 rings (SSSR count). The van der Waals surface area contributed by atoms with E-state index in [1.807, 2.05) is 0 Å². The molecule has 0 N–H and O–H groups in total. The number of nitrogens with zero attached hydrogens (tertiary/aromatic N) is 2. The van der Waals surface area contributed by atoms with E-state index in [0.717, 1.165) is 32.5 Å². The van der Waals surface area contributed by atoms with E-state index in [1.54, 1.807) is 0 Å². The first-order chi connectivity index (χ1) is 8.33. The Kier molecular flexibility index (Phi) is 4.17. The summed E-state index contributed by atoms with van der Waals surface area (Å²) in [6.45, 7) is 5.35. The molecule has 1 unspecified atom stereocenters. The van der Waals surface area contributed by atoms with Crippen molar-refractivity contribution in [2.24, 2.45) is 11.8 Å². The summed E-state index contributed by atoms with van der Waals surface area (Å²) in [7, 11) is 0. The maximum Gasteiger partial charge on any atom is 0.0659 e. The van der Waals surface area contributed by atoms with Gasteiger partial charge in [0.05, 0.1) is 12.0 Å². The predicted molar refractivity (Wildman–Crippen MR) is 69.2 cm³/mol. The highest BCUT2D eigenvalue weighted by Gasteiger charge is 2.27. The van der Waals surface area contributed by atoms with Crippen molar-refractivity contribution in [3.63, 3.8) is 0 Å². The van der Waals surface area contributed by atoms with Crippen molar-refractivity contribution in [3.05, 3.63) is 35.9 Å². The van der Waals surface area contributed by atoms with Crippen LogP contribution in [0.2, 0.25) is 0 Å². The molecule has 2 atom stereocenters. The second-order valence-electron chi connectivity index (χ2n) is 4.91. The molecular formula is C15H20N2. The van der Waals surface area contributed by atoms with E-state index in [4.69, 9.17) is 5.26 Å². The Labute approximate surface area is 104 Å². The number of benzene rings is 1. The Morgan fingerprint density at radius 3 is 2.76 bits per heavy atom. The van der Waals surface area contributed by atoms with Gasteiger partial charge in [-0.1, -0.05) is 43.7 Å². The summed E-state index contributed by atoms with van der Waals surface area (Å²) in [5, 5.41) is 9.10. The van der Waals surface area contributed by atoms with Crippen LogP contribution in [-0.2, 0) is 6.54 Å². The quantitative estimate of drug-likeness (QED) is 0.795. The highest BCUT2D eigenvalue weighted by atomic mass is 15.1. The van der Waals surface area contributed by atoms with Gasteiger partial charge < -0.3 is 0 Å². The smallest absolute Gasteiger partial charge is 0.0659 e. The minimum Gasteiger partial charge on any atom is -0.299 e.